The van der Waals surface area contributed by atoms with E-state index in [0.717, 1.165) is 11.3 Å². The molecule has 0 saturated carbocycles. The van der Waals surface area contributed by atoms with Crippen LogP contribution in [0.25, 0.3) is 10.9 Å². The summed E-state index contributed by atoms with van der Waals surface area (Å²) in [5.74, 6) is -0.127. The first-order chi connectivity index (χ1) is 13.6. The van der Waals surface area contributed by atoms with Gasteiger partial charge in [0.2, 0.25) is 5.91 Å². The number of thiazole rings is 1. The molecule has 0 fully saturated rings. The standard InChI is InChI=1S/C20H17N5O2S/c1-13-6-2-4-8-16(13)22-18(26)10-19-21-14(12-28-19)11-25-20(27)15-7-3-5-9-17(15)23-24-25/h2-9,12H,10-11H2,1H3,(H,22,26). The number of aryl methyl sites for hydroxylation is 1. The Hall–Kier alpha value is -3.39. The number of carbonyl (C=O) groups is 1. The average Bonchev–Trinajstić information content (AvgIpc) is 3.13. The lowest BCUT2D eigenvalue weighted by Crippen LogP contribution is -2.25. The number of nitrogens with zero attached hydrogens (tertiary/aromatic N) is 4. The minimum atomic E-state index is -0.211. The molecule has 2 aromatic carbocycles. The van der Waals surface area contributed by atoms with E-state index in [9.17, 15) is 9.59 Å². The van der Waals surface area contributed by atoms with Crippen LogP contribution >= 0.6 is 11.3 Å². The van der Waals surface area contributed by atoms with Crippen LogP contribution in [-0.4, -0.2) is 25.9 Å². The van der Waals surface area contributed by atoms with Crippen LogP contribution in [0, 0.1) is 6.92 Å². The Morgan fingerprint density at radius 3 is 2.79 bits per heavy atom. The highest BCUT2D eigenvalue weighted by Gasteiger charge is 2.11. The highest BCUT2D eigenvalue weighted by molar-refractivity contribution is 7.09. The van der Waals surface area contributed by atoms with Gasteiger partial charge in [-0.05, 0) is 30.7 Å². The molecule has 2 aromatic heterocycles. The maximum Gasteiger partial charge on any atom is 0.277 e. The van der Waals surface area contributed by atoms with Crippen LogP contribution < -0.4 is 10.9 Å². The Kier molecular flexibility index (Phi) is 4.94. The topological polar surface area (TPSA) is 89.8 Å². The minimum Gasteiger partial charge on any atom is -0.325 e. The molecular weight excluding hydrogens is 374 g/mol. The van der Waals surface area contributed by atoms with Crippen molar-refractivity contribution in [2.45, 2.75) is 19.9 Å². The zero-order chi connectivity index (χ0) is 19.5. The summed E-state index contributed by atoms with van der Waals surface area (Å²) in [5.41, 5.74) is 2.83. The monoisotopic (exact) mass is 391 g/mol. The fourth-order valence-electron chi connectivity index (χ4n) is 2.83. The Bertz CT molecular complexity index is 1210. The van der Waals surface area contributed by atoms with Gasteiger partial charge in [-0.1, -0.05) is 35.5 Å². The van der Waals surface area contributed by atoms with Crippen molar-refractivity contribution in [1.82, 2.24) is 20.0 Å². The van der Waals surface area contributed by atoms with Crippen LogP contribution in [0.2, 0.25) is 0 Å². The molecule has 1 N–H and O–H groups in total. The number of rotatable bonds is 5. The highest BCUT2D eigenvalue weighted by Crippen LogP contribution is 2.15. The van der Waals surface area contributed by atoms with Crippen molar-refractivity contribution >= 4 is 33.8 Å². The first-order valence-corrected chi connectivity index (χ1v) is 9.59. The number of carbonyl (C=O) groups excluding carboxylic acids is 1. The molecule has 0 aliphatic carbocycles. The maximum absolute atomic E-state index is 12.5. The molecule has 4 aromatic rings. The van der Waals surface area contributed by atoms with Gasteiger partial charge < -0.3 is 5.32 Å². The summed E-state index contributed by atoms with van der Waals surface area (Å²) < 4.78 is 1.29. The predicted octanol–water partition coefficient (Wildman–Crippen LogP) is 2.79. The number of para-hydroxylation sites is 1. The number of fused-ring (bicyclic) bond motifs is 1. The molecule has 0 aliphatic heterocycles. The van der Waals surface area contributed by atoms with Gasteiger partial charge in [0.05, 0.1) is 24.0 Å². The molecule has 0 aliphatic rings. The Morgan fingerprint density at radius 2 is 1.93 bits per heavy atom. The van der Waals surface area contributed by atoms with Crippen molar-refractivity contribution in [3.63, 3.8) is 0 Å². The molecule has 1 amide bonds. The van der Waals surface area contributed by atoms with Crippen molar-refractivity contribution in [2.75, 3.05) is 5.32 Å². The highest BCUT2D eigenvalue weighted by atomic mass is 32.1. The fourth-order valence-corrected chi connectivity index (χ4v) is 3.61. The van der Waals surface area contributed by atoms with E-state index < -0.39 is 0 Å². The zero-order valence-electron chi connectivity index (χ0n) is 15.1. The van der Waals surface area contributed by atoms with Crippen LogP contribution in [-0.2, 0) is 17.8 Å². The molecule has 7 nitrogen and oxygen atoms in total. The lowest BCUT2D eigenvalue weighted by atomic mass is 10.2. The Balaban J connectivity index is 1.46. The predicted molar refractivity (Wildman–Crippen MR) is 109 cm³/mol. The number of benzene rings is 2. The number of hydrogen-bond donors (Lipinski definition) is 1. The number of nitrogens with one attached hydrogen (secondary N) is 1. The average molecular weight is 391 g/mol. The van der Waals surface area contributed by atoms with Gasteiger partial charge in [-0.3, -0.25) is 9.59 Å². The summed E-state index contributed by atoms with van der Waals surface area (Å²) >= 11 is 1.39. The van der Waals surface area contributed by atoms with E-state index in [0.29, 0.717) is 21.6 Å². The lowest BCUT2D eigenvalue weighted by molar-refractivity contribution is -0.115. The summed E-state index contributed by atoms with van der Waals surface area (Å²) in [7, 11) is 0. The third kappa shape index (κ3) is 3.81. The van der Waals surface area contributed by atoms with E-state index in [1.807, 2.05) is 42.6 Å². The molecule has 140 valence electrons. The normalized spacial score (nSPS) is 10.9. The van der Waals surface area contributed by atoms with E-state index in [2.05, 4.69) is 20.6 Å². The molecule has 4 rings (SSSR count). The summed E-state index contributed by atoms with van der Waals surface area (Å²) in [6, 6.07) is 14.7. The fraction of sp³-hybridized carbons (Fsp3) is 0.150. The minimum absolute atomic E-state index is 0.127. The summed E-state index contributed by atoms with van der Waals surface area (Å²) in [5, 5.41) is 14.0. The maximum atomic E-state index is 12.5. The smallest absolute Gasteiger partial charge is 0.277 e. The number of anilines is 1. The van der Waals surface area contributed by atoms with Gasteiger partial charge in [0.15, 0.2) is 0 Å². The molecule has 0 unspecified atom stereocenters. The van der Waals surface area contributed by atoms with Crippen molar-refractivity contribution < 1.29 is 4.79 Å². The Morgan fingerprint density at radius 1 is 1.14 bits per heavy atom. The van der Waals surface area contributed by atoms with Crippen LogP contribution in [0.5, 0.6) is 0 Å². The van der Waals surface area contributed by atoms with Crippen LogP contribution in [0.4, 0.5) is 5.69 Å². The second-order valence-corrected chi connectivity index (χ2v) is 7.28. The van der Waals surface area contributed by atoms with Crippen molar-refractivity contribution in [3.8, 4) is 0 Å². The molecule has 0 spiro atoms. The largest absolute Gasteiger partial charge is 0.325 e. The first-order valence-electron chi connectivity index (χ1n) is 8.71. The third-order valence-corrected chi connectivity index (χ3v) is 5.17. The van der Waals surface area contributed by atoms with Crippen molar-refractivity contribution in [1.29, 1.82) is 0 Å². The molecule has 0 atom stereocenters. The third-order valence-electron chi connectivity index (χ3n) is 4.27. The molecule has 28 heavy (non-hydrogen) atoms. The second kappa shape index (κ2) is 7.69. The van der Waals surface area contributed by atoms with Crippen LogP contribution in [0.3, 0.4) is 0 Å². The van der Waals surface area contributed by atoms with Gasteiger partial charge in [0, 0.05) is 11.1 Å². The molecule has 0 saturated heterocycles. The quantitative estimate of drug-likeness (QED) is 0.565. The number of hydrogen-bond acceptors (Lipinski definition) is 6. The van der Waals surface area contributed by atoms with E-state index in [1.54, 1.807) is 18.2 Å². The summed E-state index contributed by atoms with van der Waals surface area (Å²) in [4.78, 5) is 29.3. The molecule has 0 bridgehead atoms. The van der Waals surface area contributed by atoms with Crippen molar-refractivity contribution in [3.05, 3.63) is 80.5 Å². The molecular formula is C20H17N5O2S. The van der Waals surface area contributed by atoms with E-state index in [-0.39, 0.29) is 24.4 Å². The van der Waals surface area contributed by atoms with Gasteiger partial charge in [-0.25, -0.2) is 9.67 Å². The molecule has 0 radical (unpaired) electrons. The van der Waals surface area contributed by atoms with E-state index >= 15 is 0 Å². The van der Waals surface area contributed by atoms with Crippen LogP contribution in [0.1, 0.15) is 16.3 Å². The molecule has 8 heteroatoms. The summed E-state index contributed by atoms with van der Waals surface area (Å²) in [6.45, 7) is 2.16. The SMILES string of the molecule is Cc1ccccc1NC(=O)Cc1nc(Cn2nnc3ccccc3c2=O)cs1. The van der Waals surface area contributed by atoms with Gasteiger partial charge in [0.1, 0.15) is 10.5 Å². The van der Waals surface area contributed by atoms with Gasteiger partial charge in [0.25, 0.3) is 5.56 Å². The number of aromatic nitrogens is 4. The summed E-state index contributed by atoms with van der Waals surface area (Å²) in [6.07, 6.45) is 0.178. The van der Waals surface area contributed by atoms with Gasteiger partial charge in [-0.2, -0.15) is 0 Å². The van der Waals surface area contributed by atoms with E-state index in [1.165, 1.54) is 16.0 Å². The zero-order valence-corrected chi connectivity index (χ0v) is 15.9. The molecule has 2 heterocycles. The van der Waals surface area contributed by atoms with Crippen LogP contribution in [0.15, 0.2) is 58.7 Å². The Labute approximate surface area is 164 Å². The van der Waals surface area contributed by atoms with Crippen molar-refractivity contribution in [2.24, 2.45) is 0 Å². The van der Waals surface area contributed by atoms with Gasteiger partial charge in [-0.15, -0.1) is 16.4 Å². The second-order valence-electron chi connectivity index (χ2n) is 6.34. The first kappa shape index (κ1) is 18.0. The van der Waals surface area contributed by atoms with Gasteiger partial charge >= 0.3 is 0 Å². The lowest BCUT2D eigenvalue weighted by Gasteiger charge is -2.06. The number of amides is 1. The van der Waals surface area contributed by atoms with E-state index in [4.69, 9.17) is 0 Å².